The molecule has 29 heavy (non-hydrogen) atoms. The van der Waals surface area contributed by atoms with Crippen LogP contribution in [0.3, 0.4) is 0 Å². The minimum Gasteiger partial charge on any atom is -0.497 e. The van der Waals surface area contributed by atoms with Gasteiger partial charge < -0.3 is 25.3 Å². The first-order chi connectivity index (χ1) is 13.7. The smallest absolute Gasteiger partial charge is 0.193 e. The van der Waals surface area contributed by atoms with Crippen molar-refractivity contribution in [3.05, 3.63) is 53.6 Å². The van der Waals surface area contributed by atoms with E-state index in [4.69, 9.17) is 19.9 Å². The van der Waals surface area contributed by atoms with Crippen LogP contribution in [-0.2, 0) is 17.8 Å². The van der Waals surface area contributed by atoms with Gasteiger partial charge in [-0.3, -0.25) is 4.90 Å². The maximum Gasteiger partial charge on any atom is 0.193 e. The molecule has 2 aromatic rings. The number of nitrogens with one attached hydrogen (secondary N) is 1. The van der Waals surface area contributed by atoms with E-state index in [1.54, 1.807) is 14.2 Å². The predicted molar refractivity (Wildman–Crippen MR) is 126 cm³/mol. The molecule has 8 heteroatoms. The van der Waals surface area contributed by atoms with Gasteiger partial charge in [-0.1, -0.05) is 24.3 Å². The van der Waals surface area contributed by atoms with E-state index in [1.165, 1.54) is 5.56 Å². The number of morpholine rings is 1. The van der Waals surface area contributed by atoms with Gasteiger partial charge in [0, 0.05) is 25.7 Å². The summed E-state index contributed by atoms with van der Waals surface area (Å²) < 4.78 is 16.0. The zero-order valence-corrected chi connectivity index (χ0v) is 19.2. The molecule has 0 spiro atoms. The number of nitrogens with zero attached hydrogens (tertiary/aromatic N) is 2. The Labute approximate surface area is 189 Å². The maximum absolute atomic E-state index is 6.08. The molecule has 3 N–H and O–H groups in total. The third kappa shape index (κ3) is 7.06. The molecule has 7 nitrogen and oxygen atoms in total. The number of methoxy groups -OCH3 is 2. The Morgan fingerprint density at radius 3 is 2.59 bits per heavy atom. The second-order valence-corrected chi connectivity index (χ2v) is 6.60. The van der Waals surface area contributed by atoms with E-state index in [0.29, 0.717) is 29.7 Å². The summed E-state index contributed by atoms with van der Waals surface area (Å²) in [5.74, 6) is 1.71. The molecule has 0 aliphatic carbocycles. The first-order valence-electron chi connectivity index (χ1n) is 9.35. The van der Waals surface area contributed by atoms with Gasteiger partial charge >= 0.3 is 0 Å². The van der Waals surface area contributed by atoms with Gasteiger partial charge in [-0.25, -0.2) is 4.99 Å². The van der Waals surface area contributed by atoms with Gasteiger partial charge in [0.05, 0.1) is 39.7 Å². The number of nitrogens with two attached hydrogens (primary N) is 1. The van der Waals surface area contributed by atoms with E-state index < -0.39 is 0 Å². The molecule has 2 aromatic carbocycles. The predicted octanol–water partition coefficient (Wildman–Crippen LogP) is 3.08. The fourth-order valence-corrected chi connectivity index (χ4v) is 3.11. The highest BCUT2D eigenvalue weighted by atomic mass is 127. The third-order valence-corrected chi connectivity index (χ3v) is 4.60. The van der Waals surface area contributed by atoms with Crippen LogP contribution in [0, 0.1) is 0 Å². The lowest BCUT2D eigenvalue weighted by molar-refractivity contribution is 0.0342. The average molecular weight is 512 g/mol. The summed E-state index contributed by atoms with van der Waals surface area (Å²) in [5, 5.41) is 3.09. The SMILES string of the molecule is COc1ccc(OC)c(NC(N)=NCc2cccc(CN3CCOCC3)c2)c1.I. The molecule has 0 saturated carbocycles. The second-order valence-electron chi connectivity index (χ2n) is 6.60. The Morgan fingerprint density at radius 1 is 1.10 bits per heavy atom. The van der Waals surface area contributed by atoms with Crippen molar-refractivity contribution in [2.24, 2.45) is 10.7 Å². The number of hydrogen-bond donors (Lipinski definition) is 2. The Kier molecular flexibility index (Phi) is 9.49. The monoisotopic (exact) mass is 512 g/mol. The number of halogens is 1. The number of hydrogen-bond acceptors (Lipinski definition) is 5. The molecule has 0 bridgehead atoms. The molecule has 1 saturated heterocycles. The zero-order valence-electron chi connectivity index (χ0n) is 16.9. The van der Waals surface area contributed by atoms with Crippen LogP contribution in [0.2, 0.25) is 0 Å². The van der Waals surface area contributed by atoms with Gasteiger partial charge in [-0.15, -0.1) is 24.0 Å². The largest absolute Gasteiger partial charge is 0.497 e. The van der Waals surface area contributed by atoms with Crippen LogP contribution in [0.25, 0.3) is 0 Å². The van der Waals surface area contributed by atoms with Crippen LogP contribution in [0.4, 0.5) is 5.69 Å². The highest BCUT2D eigenvalue weighted by molar-refractivity contribution is 14.0. The standard InChI is InChI=1S/C21H28N4O3.HI/c1-26-18-6-7-20(27-2)19(13-18)24-21(22)23-14-16-4-3-5-17(12-16)15-25-8-10-28-11-9-25;/h3-7,12-13H,8-11,14-15H2,1-2H3,(H3,22,23,24);1H. The highest BCUT2D eigenvalue weighted by Gasteiger charge is 2.11. The van der Waals surface area contributed by atoms with Crippen molar-refractivity contribution < 1.29 is 14.2 Å². The molecule has 0 unspecified atom stereocenters. The van der Waals surface area contributed by atoms with E-state index in [0.717, 1.165) is 38.4 Å². The normalized spacial score (nSPS) is 14.8. The van der Waals surface area contributed by atoms with Gasteiger partial charge in [0.2, 0.25) is 0 Å². The van der Waals surface area contributed by atoms with Crippen molar-refractivity contribution >= 4 is 35.6 Å². The van der Waals surface area contributed by atoms with Gasteiger partial charge in [0.25, 0.3) is 0 Å². The summed E-state index contributed by atoms with van der Waals surface area (Å²) in [5.41, 5.74) is 9.18. The molecule has 1 aliphatic heterocycles. The van der Waals surface area contributed by atoms with Crippen LogP contribution in [0.5, 0.6) is 11.5 Å². The van der Waals surface area contributed by atoms with Crippen molar-refractivity contribution in [2.75, 3.05) is 45.8 Å². The molecular formula is C21H29IN4O3. The average Bonchev–Trinajstić information content (AvgIpc) is 2.73. The number of aliphatic imine (C=N–C) groups is 1. The topological polar surface area (TPSA) is 81.3 Å². The first-order valence-corrected chi connectivity index (χ1v) is 9.35. The minimum absolute atomic E-state index is 0. The Morgan fingerprint density at radius 2 is 1.86 bits per heavy atom. The van der Waals surface area contributed by atoms with E-state index >= 15 is 0 Å². The Hall–Kier alpha value is -2.04. The van der Waals surface area contributed by atoms with Gasteiger partial charge in [-0.2, -0.15) is 0 Å². The summed E-state index contributed by atoms with van der Waals surface area (Å²) in [6.45, 7) is 4.99. The van der Waals surface area contributed by atoms with Crippen LogP contribution >= 0.6 is 24.0 Å². The number of anilines is 1. The summed E-state index contributed by atoms with van der Waals surface area (Å²) in [7, 11) is 3.23. The number of rotatable bonds is 7. The van der Waals surface area contributed by atoms with Gasteiger partial charge in [-0.05, 0) is 23.3 Å². The second kappa shape index (κ2) is 11.8. The van der Waals surface area contributed by atoms with E-state index in [1.807, 2.05) is 18.2 Å². The minimum atomic E-state index is 0. The zero-order chi connectivity index (χ0) is 19.8. The number of benzene rings is 2. The van der Waals surface area contributed by atoms with E-state index in [9.17, 15) is 0 Å². The molecule has 1 fully saturated rings. The first kappa shape index (κ1) is 23.2. The maximum atomic E-state index is 6.08. The van der Waals surface area contributed by atoms with Crippen molar-refractivity contribution in [2.45, 2.75) is 13.1 Å². The summed E-state index contributed by atoms with van der Waals surface area (Å²) >= 11 is 0. The number of guanidine groups is 1. The molecule has 0 aromatic heterocycles. The van der Waals surface area contributed by atoms with Crippen LogP contribution in [0.1, 0.15) is 11.1 Å². The molecule has 0 atom stereocenters. The fourth-order valence-electron chi connectivity index (χ4n) is 3.11. The molecule has 1 heterocycles. The van der Waals surface area contributed by atoms with Gasteiger partial charge in [0.15, 0.2) is 5.96 Å². The lowest BCUT2D eigenvalue weighted by Crippen LogP contribution is -2.35. The van der Waals surface area contributed by atoms with E-state index in [2.05, 4.69) is 39.5 Å². The van der Waals surface area contributed by atoms with Gasteiger partial charge in [0.1, 0.15) is 11.5 Å². The fraction of sp³-hybridized carbons (Fsp3) is 0.381. The summed E-state index contributed by atoms with van der Waals surface area (Å²) in [6, 6.07) is 13.9. The molecule has 3 rings (SSSR count). The summed E-state index contributed by atoms with van der Waals surface area (Å²) in [4.78, 5) is 6.86. The lowest BCUT2D eigenvalue weighted by Gasteiger charge is -2.26. The van der Waals surface area contributed by atoms with Crippen LogP contribution in [0.15, 0.2) is 47.5 Å². The highest BCUT2D eigenvalue weighted by Crippen LogP contribution is 2.28. The molecule has 0 radical (unpaired) electrons. The van der Waals surface area contributed by atoms with Crippen molar-refractivity contribution in [3.8, 4) is 11.5 Å². The van der Waals surface area contributed by atoms with Crippen LogP contribution < -0.4 is 20.5 Å². The Balaban J connectivity index is 0.00000300. The van der Waals surface area contributed by atoms with Crippen molar-refractivity contribution in [3.63, 3.8) is 0 Å². The third-order valence-electron chi connectivity index (χ3n) is 4.60. The number of ether oxygens (including phenoxy) is 3. The van der Waals surface area contributed by atoms with Crippen molar-refractivity contribution in [1.29, 1.82) is 0 Å². The molecule has 1 aliphatic rings. The van der Waals surface area contributed by atoms with E-state index in [-0.39, 0.29) is 24.0 Å². The van der Waals surface area contributed by atoms with Crippen molar-refractivity contribution in [1.82, 2.24) is 4.90 Å². The quantitative estimate of drug-likeness (QED) is 0.337. The molecule has 0 amide bonds. The van der Waals surface area contributed by atoms with Crippen LogP contribution in [-0.4, -0.2) is 51.4 Å². The lowest BCUT2D eigenvalue weighted by atomic mass is 10.1. The molecule has 158 valence electrons. The summed E-state index contributed by atoms with van der Waals surface area (Å²) in [6.07, 6.45) is 0. The molecular weight excluding hydrogens is 483 g/mol. The Bertz CT molecular complexity index is 810.